The lowest BCUT2D eigenvalue weighted by molar-refractivity contribution is 0.592. The molecule has 10 heavy (non-hydrogen) atoms. The summed E-state index contributed by atoms with van der Waals surface area (Å²) in [5, 5.41) is 0. The lowest BCUT2D eigenvalue weighted by Crippen LogP contribution is -1.94. The Morgan fingerprint density at radius 1 is 1.70 bits per heavy atom. The Morgan fingerprint density at radius 2 is 2.40 bits per heavy atom. The van der Waals surface area contributed by atoms with Crippen LogP contribution in [-0.2, 0) is 0 Å². The average molecular weight is 205 g/mol. The highest BCUT2D eigenvalue weighted by molar-refractivity contribution is 9.09. The molecule has 0 spiro atoms. The smallest absolute Gasteiger partial charge is 0.164 e. The number of hydrogen-bond acceptors (Lipinski definition) is 2. The molecule has 54 valence electrons. The second kappa shape index (κ2) is 3.05. The van der Waals surface area contributed by atoms with E-state index in [0.29, 0.717) is 5.69 Å². The molecular weight excluding hydrogens is 199 g/mol. The van der Waals surface area contributed by atoms with Crippen LogP contribution in [0.2, 0.25) is 0 Å². The van der Waals surface area contributed by atoms with Crippen molar-refractivity contribution in [2.24, 2.45) is 0 Å². The highest BCUT2D eigenvalue weighted by atomic mass is 79.9. The van der Waals surface area contributed by atoms with Gasteiger partial charge in [0.15, 0.2) is 5.82 Å². The van der Waals surface area contributed by atoms with E-state index in [4.69, 9.17) is 0 Å². The summed E-state index contributed by atoms with van der Waals surface area (Å²) in [4.78, 5) is 7.21. The second-order valence-electron chi connectivity index (χ2n) is 1.87. The lowest BCUT2D eigenvalue weighted by atomic mass is 10.3. The predicted octanol–water partition coefficient (Wildman–Crippen LogP) is 2.07. The third-order valence-corrected chi connectivity index (χ3v) is 1.51. The molecule has 0 aliphatic heterocycles. The fraction of sp³-hybridized carbons (Fsp3) is 0.333. The molecule has 2 nitrogen and oxygen atoms in total. The molecule has 0 N–H and O–H groups in total. The van der Waals surface area contributed by atoms with Gasteiger partial charge in [0.1, 0.15) is 6.33 Å². The van der Waals surface area contributed by atoms with Gasteiger partial charge in [-0.1, -0.05) is 15.9 Å². The van der Waals surface area contributed by atoms with Gasteiger partial charge < -0.3 is 0 Å². The summed E-state index contributed by atoms with van der Waals surface area (Å²) in [5.41, 5.74) is 0.398. The van der Waals surface area contributed by atoms with Gasteiger partial charge in [-0.25, -0.2) is 14.4 Å². The van der Waals surface area contributed by atoms with E-state index >= 15 is 0 Å². The quantitative estimate of drug-likeness (QED) is 0.655. The fourth-order valence-electron chi connectivity index (χ4n) is 0.615. The summed E-state index contributed by atoms with van der Waals surface area (Å²) in [6, 6.07) is 0. The summed E-state index contributed by atoms with van der Waals surface area (Å²) in [7, 11) is 0. The third kappa shape index (κ3) is 1.50. The predicted molar refractivity (Wildman–Crippen MR) is 39.3 cm³/mol. The average Bonchev–Trinajstić information content (AvgIpc) is 1.88. The van der Waals surface area contributed by atoms with E-state index in [1.165, 1.54) is 6.33 Å². The largest absolute Gasteiger partial charge is 0.242 e. The van der Waals surface area contributed by atoms with Gasteiger partial charge >= 0.3 is 0 Å². The maximum atomic E-state index is 12.7. The van der Waals surface area contributed by atoms with Crippen LogP contribution in [0.5, 0.6) is 0 Å². The van der Waals surface area contributed by atoms with Crippen molar-refractivity contribution in [3.8, 4) is 0 Å². The molecule has 1 rings (SSSR count). The van der Waals surface area contributed by atoms with Crippen molar-refractivity contribution in [2.45, 2.75) is 11.8 Å². The molecule has 0 saturated carbocycles. The molecule has 0 aromatic carbocycles. The van der Waals surface area contributed by atoms with Crippen molar-refractivity contribution < 1.29 is 4.39 Å². The van der Waals surface area contributed by atoms with E-state index in [1.807, 2.05) is 6.92 Å². The number of aromatic nitrogens is 2. The van der Waals surface area contributed by atoms with Crippen molar-refractivity contribution in [2.75, 3.05) is 0 Å². The topological polar surface area (TPSA) is 25.8 Å². The van der Waals surface area contributed by atoms with Crippen LogP contribution in [0.3, 0.4) is 0 Å². The fourth-order valence-corrected chi connectivity index (χ4v) is 0.952. The van der Waals surface area contributed by atoms with Crippen LogP contribution in [0.1, 0.15) is 17.4 Å². The summed E-state index contributed by atoms with van der Waals surface area (Å²) in [6.45, 7) is 1.81. The van der Waals surface area contributed by atoms with Gasteiger partial charge in [-0.15, -0.1) is 0 Å². The van der Waals surface area contributed by atoms with Crippen LogP contribution < -0.4 is 0 Å². The van der Waals surface area contributed by atoms with Gasteiger partial charge in [0.25, 0.3) is 0 Å². The van der Waals surface area contributed by atoms with Crippen LogP contribution in [0.4, 0.5) is 4.39 Å². The van der Waals surface area contributed by atoms with Gasteiger partial charge in [-0.2, -0.15) is 0 Å². The minimum Gasteiger partial charge on any atom is -0.242 e. The SMILES string of the molecule is C[C@@H](Br)c1ncncc1F. The first-order chi connectivity index (χ1) is 4.72. The molecular formula is C6H6BrFN2. The first-order valence-corrected chi connectivity index (χ1v) is 3.73. The minimum atomic E-state index is -0.369. The Kier molecular flexibility index (Phi) is 2.32. The zero-order chi connectivity index (χ0) is 7.56. The van der Waals surface area contributed by atoms with Crippen LogP contribution >= 0.6 is 15.9 Å². The first-order valence-electron chi connectivity index (χ1n) is 2.81. The Morgan fingerprint density at radius 3 is 2.80 bits per heavy atom. The Labute approximate surface area is 66.6 Å². The number of halogens is 2. The number of nitrogens with zero attached hydrogens (tertiary/aromatic N) is 2. The van der Waals surface area contributed by atoms with Crippen LogP contribution in [0.15, 0.2) is 12.5 Å². The Balaban J connectivity index is 3.03. The zero-order valence-electron chi connectivity index (χ0n) is 5.38. The highest BCUT2D eigenvalue weighted by Gasteiger charge is 2.07. The molecule has 0 bridgehead atoms. The van der Waals surface area contributed by atoms with Crippen molar-refractivity contribution in [1.29, 1.82) is 0 Å². The number of alkyl halides is 1. The molecule has 0 aliphatic rings. The summed E-state index contributed by atoms with van der Waals surface area (Å²) in [5.74, 6) is -0.369. The number of hydrogen-bond donors (Lipinski definition) is 0. The molecule has 1 aromatic heterocycles. The van der Waals surface area contributed by atoms with Crippen LogP contribution in [-0.4, -0.2) is 9.97 Å². The molecule has 1 heterocycles. The van der Waals surface area contributed by atoms with E-state index in [9.17, 15) is 4.39 Å². The monoisotopic (exact) mass is 204 g/mol. The van der Waals surface area contributed by atoms with Crippen molar-refractivity contribution in [3.05, 3.63) is 24.0 Å². The van der Waals surface area contributed by atoms with Crippen LogP contribution in [0.25, 0.3) is 0 Å². The van der Waals surface area contributed by atoms with E-state index in [-0.39, 0.29) is 10.6 Å². The summed E-state index contributed by atoms with van der Waals surface area (Å²) >= 11 is 3.20. The van der Waals surface area contributed by atoms with Gasteiger partial charge in [-0.05, 0) is 6.92 Å². The van der Waals surface area contributed by atoms with Crippen molar-refractivity contribution >= 4 is 15.9 Å². The molecule has 0 aliphatic carbocycles. The standard InChI is InChI=1S/C6H6BrFN2/c1-4(7)6-5(8)2-9-3-10-6/h2-4H,1H3/t4-/m1/s1. The first kappa shape index (κ1) is 7.60. The normalized spacial score (nSPS) is 13.1. The van der Waals surface area contributed by atoms with Crippen LogP contribution in [0, 0.1) is 5.82 Å². The maximum Gasteiger partial charge on any atom is 0.164 e. The van der Waals surface area contributed by atoms with Crippen molar-refractivity contribution in [3.63, 3.8) is 0 Å². The Hall–Kier alpha value is -0.510. The molecule has 1 aromatic rings. The maximum absolute atomic E-state index is 12.7. The molecule has 0 saturated heterocycles. The van der Waals surface area contributed by atoms with E-state index in [0.717, 1.165) is 6.20 Å². The number of rotatable bonds is 1. The van der Waals surface area contributed by atoms with Gasteiger partial charge in [0.05, 0.1) is 16.7 Å². The summed E-state index contributed by atoms with van der Waals surface area (Å²) < 4.78 is 12.7. The second-order valence-corrected chi connectivity index (χ2v) is 3.25. The van der Waals surface area contributed by atoms with E-state index in [2.05, 4.69) is 25.9 Å². The molecule has 0 radical (unpaired) electrons. The Bertz CT molecular complexity index is 227. The molecule has 4 heteroatoms. The van der Waals surface area contributed by atoms with E-state index < -0.39 is 0 Å². The van der Waals surface area contributed by atoms with Gasteiger partial charge in [-0.3, -0.25) is 0 Å². The van der Waals surface area contributed by atoms with Gasteiger partial charge in [0, 0.05) is 0 Å². The molecule has 0 fully saturated rings. The third-order valence-electron chi connectivity index (χ3n) is 1.07. The highest BCUT2D eigenvalue weighted by Crippen LogP contribution is 2.20. The van der Waals surface area contributed by atoms with Gasteiger partial charge in [0.2, 0.25) is 0 Å². The molecule has 0 amide bonds. The molecule has 1 atom stereocenters. The summed E-state index contributed by atoms with van der Waals surface area (Å²) in [6.07, 6.45) is 2.48. The molecule has 0 unspecified atom stereocenters. The van der Waals surface area contributed by atoms with Crippen molar-refractivity contribution in [1.82, 2.24) is 9.97 Å². The lowest BCUT2D eigenvalue weighted by Gasteiger charge is -2.00. The minimum absolute atomic E-state index is 0.0597. The zero-order valence-corrected chi connectivity index (χ0v) is 6.97. The van der Waals surface area contributed by atoms with E-state index in [1.54, 1.807) is 0 Å².